The van der Waals surface area contributed by atoms with E-state index < -0.39 is 23.7 Å². The number of benzene rings is 2. The summed E-state index contributed by atoms with van der Waals surface area (Å²) in [6, 6.07) is 6.50. The van der Waals surface area contributed by atoms with Crippen molar-refractivity contribution in [1.82, 2.24) is 5.32 Å². The van der Waals surface area contributed by atoms with Crippen LogP contribution >= 0.6 is 0 Å². The van der Waals surface area contributed by atoms with E-state index in [1.807, 2.05) is 0 Å². The van der Waals surface area contributed by atoms with Gasteiger partial charge in [-0.25, -0.2) is 14.1 Å². The number of ether oxygens (including phenoxy) is 2. The molecule has 9 heteroatoms. The second-order valence-corrected chi connectivity index (χ2v) is 5.71. The van der Waals surface area contributed by atoms with Crippen molar-refractivity contribution in [3.05, 3.63) is 53.4 Å². The SMILES string of the molecule is COc1cc(/C=C2\C(=O)NC(=O)N(c3ccc(F)cc3)C2=O)cc(OC)c1O. The number of phenolic OH excluding ortho intramolecular Hbond substituents is 1. The summed E-state index contributed by atoms with van der Waals surface area (Å²) in [6.07, 6.45) is 1.23. The van der Waals surface area contributed by atoms with Crippen molar-refractivity contribution >= 4 is 29.6 Å². The van der Waals surface area contributed by atoms with Gasteiger partial charge in [0.2, 0.25) is 5.75 Å². The van der Waals surface area contributed by atoms with Crippen molar-refractivity contribution in [2.24, 2.45) is 0 Å². The lowest BCUT2D eigenvalue weighted by molar-refractivity contribution is -0.122. The first-order chi connectivity index (χ1) is 13.3. The van der Waals surface area contributed by atoms with E-state index in [0.29, 0.717) is 5.56 Å². The molecule has 0 unspecified atom stereocenters. The third-order valence-electron chi connectivity index (χ3n) is 4.00. The second-order valence-electron chi connectivity index (χ2n) is 5.71. The number of hydrogen-bond acceptors (Lipinski definition) is 6. The van der Waals surface area contributed by atoms with Crippen LogP contribution in [-0.4, -0.2) is 37.2 Å². The van der Waals surface area contributed by atoms with Crippen LogP contribution in [0.3, 0.4) is 0 Å². The Morgan fingerprint density at radius 2 is 1.61 bits per heavy atom. The Morgan fingerprint density at radius 3 is 2.14 bits per heavy atom. The highest BCUT2D eigenvalue weighted by atomic mass is 19.1. The Bertz CT molecular complexity index is 975. The average Bonchev–Trinajstić information content (AvgIpc) is 2.67. The number of hydrogen-bond donors (Lipinski definition) is 2. The summed E-state index contributed by atoms with van der Waals surface area (Å²) in [5.41, 5.74) is 0.0836. The molecule has 4 amide bonds. The monoisotopic (exact) mass is 386 g/mol. The maximum atomic E-state index is 13.1. The van der Waals surface area contributed by atoms with Gasteiger partial charge in [0.25, 0.3) is 11.8 Å². The Morgan fingerprint density at radius 1 is 1.04 bits per heavy atom. The third kappa shape index (κ3) is 3.37. The molecule has 0 aromatic heterocycles. The number of carbonyl (C=O) groups excluding carboxylic acids is 3. The predicted octanol–water partition coefficient (Wildman–Crippen LogP) is 2.21. The lowest BCUT2D eigenvalue weighted by atomic mass is 10.1. The summed E-state index contributed by atoms with van der Waals surface area (Å²) < 4.78 is 23.2. The molecule has 28 heavy (non-hydrogen) atoms. The van der Waals surface area contributed by atoms with E-state index in [0.717, 1.165) is 17.0 Å². The number of nitrogens with one attached hydrogen (secondary N) is 1. The molecule has 1 aliphatic rings. The van der Waals surface area contributed by atoms with Gasteiger partial charge in [0.1, 0.15) is 11.4 Å². The zero-order valence-corrected chi connectivity index (χ0v) is 14.9. The topological polar surface area (TPSA) is 105 Å². The molecule has 0 bridgehead atoms. The van der Waals surface area contributed by atoms with E-state index in [1.54, 1.807) is 0 Å². The first-order valence-electron chi connectivity index (χ1n) is 7.97. The van der Waals surface area contributed by atoms with Crippen LogP contribution in [0.4, 0.5) is 14.9 Å². The smallest absolute Gasteiger partial charge is 0.335 e. The van der Waals surface area contributed by atoms with Crippen LogP contribution in [-0.2, 0) is 9.59 Å². The maximum Gasteiger partial charge on any atom is 0.335 e. The lowest BCUT2D eigenvalue weighted by Gasteiger charge is -2.26. The molecule has 1 heterocycles. The van der Waals surface area contributed by atoms with E-state index in [9.17, 15) is 23.9 Å². The predicted molar refractivity (Wildman–Crippen MR) is 96.6 cm³/mol. The average molecular weight is 386 g/mol. The molecule has 2 aromatic carbocycles. The molecule has 0 spiro atoms. The normalized spacial score (nSPS) is 15.6. The molecule has 8 nitrogen and oxygen atoms in total. The minimum atomic E-state index is -0.945. The zero-order valence-electron chi connectivity index (χ0n) is 14.9. The van der Waals surface area contributed by atoms with Gasteiger partial charge in [-0.2, -0.15) is 0 Å². The molecule has 144 valence electrons. The highest BCUT2D eigenvalue weighted by molar-refractivity contribution is 6.39. The van der Waals surface area contributed by atoms with Gasteiger partial charge in [-0.15, -0.1) is 0 Å². The van der Waals surface area contributed by atoms with Gasteiger partial charge < -0.3 is 14.6 Å². The fraction of sp³-hybridized carbons (Fsp3) is 0.105. The summed E-state index contributed by atoms with van der Waals surface area (Å²) in [5.74, 6) is -2.41. The van der Waals surface area contributed by atoms with Crippen molar-refractivity contribution < 1.29 is 33.4 Å². The van der Waals surface area contributed by atoms with E-state index in [1.165, 1.54) is 44.6 Å². The number of imide groups is 2. The van der Waals surface area contributed by atoms with E-state index in [2.05, 4.69) is 5.32 Å². The van der Waals surface area contributed by atoms with Crippen molar-refractivity contribution in [2.45, 2.75) is 0 Å². The van der Waals surface area contributed by atoms with Gasteiger partial charge in [-0.3, -0.25) is 14.9 Å². The molecule has 0 radical (unpaired) electrons. The Kier molecular flexibility index (Phi) is 4.99. The number of barbiturate groups is 1. The van der Waals surface area contributed by atoms with Crippen LogP contribution in [0.25, 0.3) is 6.08 Å². The minimum Gasteiger partial charge on any atom is -0.502 e. The summed E-state index contributed by atoms with van der Waals surface area (Å²) in [4.78, 5) is 37.8. The number of aromatic hydroxyl groups is 1. The van der Waals surface area contributed by atoms with Gasteiger partial charge in [-0.1, -0.05) is 0 Å². The van der Waals surface area contributed by atoms with Crippen LogP contribution in [0.1, 0.15) is 5.56 Å². The fourth-order valence-corrected chi connectivity index (χ4v) is 2.65. The zero-order chi connectivity index (χ0) is 20.4. The first-order valence-corrected chi connectivity index (χ1v) is 7.97. The van der Waals surface area contributed by atoms with Gasteiger partial charge in [0.15, 0.2) is 11.5 Å². The molecule has 3 rings (SSSR count). The number of methoxy groups -OCH3 is 2. The van der Waals surface area contributed by atoms with Crippen LogP contribution in [0.2, 0.25) is 0 Å². The summed E-state index contributed by atoms with van der Waals surface area (Å²) in [5, 5.41) is 12.0. The Labute approximate surface area is 158 Å². The Hall–Kier alpha value is -3.88. The van der Waals surface area contributed by atoms with E-state index >= 15 is 0 Å². The molecule has 1 fully saturated rings. The minimum absolute atomic E-state index is 0.0707. The van der Waals surface area contributed by atoms with Crippen molar-refractivity contribution in [3.8, 4) is 17.2 Å². The summed E-state index contributed by atoms with van der Waals surface area (Å²) in [6.45, 7) is 0. The van der Waals surface area contributed by atoms with Crippen LogP contribution in [0.15, 0.2) is 42.0 Å². The summed E-state index contributed by atoms with van der Waals surface area (Å²) in [7, 11) is 2.66. The van der Waals surface area contributed by atoms with Crippen LogP contribution < -0.4 is 19.7 Å². The highest BCUT2D eigenvalue weighted by Gasteiger charge is 2.36. The third-order valence-corrected chi connectivity index (χ3v) is 4.00. The molecule has 1 saturated heterocycles. The van der Waals surface area contributed by atoms with Crippen molar-refractivity contribution in [1.29, 1.82) is 0 Å². The standard InChI is InChI=1S/C19H15FN2O6/c1-27-14-8-10(9-15(28-2)16(14)23)7-13-17(24)21-19(26)22(18(13)25)12-5-3-11(20)4-6-12/h3-9,23H,1-2H3,(H,21,24,26)/b13-7+. The lowest BCUT2D eigenvalue weighted by Crippen LogP contribution is -2.54. The number of anilines is 1. The number of halogens is 1. The quantitative estimate of drug-likeness (QED) is 0.617. The maximum absolute atomic E-state index is 13.1. The van der Waals surface area contributed by atoms with Gasteiger partial charge in [-0.05, 0) is 48.0 Å². The number of urea groups is 1. The number of nitrogens with zero attached hydrogens (tertiary/aromatic N) is 1. The largest absolute Gasteiger partial charge is 0.502 e. The Balaban J connectivity index is 2.05. The molecular formula is C19H15FN2O6. The van der Waals surface area contributed by atoms with E-state index in [-0.39, 0.29) is 28.5 Å². The molecular weight excluding hydrogens is 371 g/mol. The summed E-state index contributed by atoms with van der Waals surface area (Å²) >= 11 is 0. The van der Waals surface area contributed by atoms with Crippen molar-refractivity contribution in [2.75, 3.05) is 19.1 Å². The first kappa shape index (κ1) is 18.9. The van der Waals surface area contributed by atoms with Crippen molar-refractivity contribution in [3.63, 3.8) is 0 Å². The molecule has 2 N–H and O–H groups in total. The van der Waals surface area contributed by atoms with Gasteiger partial charge in [0.05, 0.1) is 19.9 Å². The molecule has 1 aliphatic heterocycles. The van der Waals surface area contributed by atoms with Crippen LogP contribution in [0, 0.1) is 5.82 Å². The number of phenols is 1. The van der Waals surface area contributed by atoms with Gasteiger partial charge in [0, 0.05) is 0 Å². The molecule has 0 aliphatic carbocycles. The van der Waals surface area contributed by atoms with Gasteiger partial charge >= 0.3 is 6.03 Å². The number of rotatable bonds is 4. The van der Waals surface area contributed by atoms with E-state index in [4.69, 9.17) is 9.47 Å². The molecule has 0 saturated carbocycles. The number of carbonyl (C=O) groups is 3. The second kappa shape index (κ2) is 7.39. The fourth-order valence-electron chi connectivity index (χ4n) is 2.65. The number of amides is 4. The highest BCUT2D eigenvalue weighted by Crippen LogP contribution is 2.38. The molecule has 2 aromatic rings. The van der Waals surface area contributed by atoms with Crippen LogP contribution in [0.5, 0.6) is 17.2 Å². The molecule has 0 atom stereocenters.